The van der Waals surface area contributed by atoms with Gasteiger partial charge in [0.05, 0.1) is 13.0 Å². The number of morpholine rings is 1. The van der Waals surface area contributed by atoms with Crippen LogP contribution in [0.3, 0.4) is 0 Å². The van der Waals surface area contributed by atoms with Crippen LogP contribution in [0.1, 0.15) is 26.6 Å². The zero-order valence-corrected chi connectivity index (χ0v) is 12.0. The molecule has 2 heterocycles. The van der Waals surface area contributed by atoms with Gasteiger partial charge in [0.25, 0.3) is 0 Å². The van der Waals surface area contributed by atoms with Crippen LogP contribution in [0.4, 0.5) is 0 Å². The summed E-state index contributed by atoms with van der Waals surface area (Å²) in [5.41, 5.74) is 0. The van der Waals surface area contributed by atoms with E-state index < -0.39 is 0 Å². The molecule has 0 aromatic carbocycles. The predicted octanol–water partition coefficient (Wildman–Crippen LogP) is 1.12. The molecule has 1 aliphatic heterocycles. The fourth-order valence-electron chi connectivity index (χ4n) is 2.40. The number of aryl methyl sites for hydroxylation is 1. The third-order valence-electron chi connectivity index (χ3n) is 3.66. The van der Waals surface area contributed by atoms with Crippen molar-refractivity contribution in [3.63, 3.8) is 0 Å². The molecule has 19 heavy (non-hydrogen) atoms. The lowest BCUT2D eigenvalue weighted by Gasteiger charge is -2.34. The maximum Gasteiger partial charge on any atom is 0.170 e. The fraction of sp³-hybridized carbons (Fsp3) is 0.714. The van der Waals surface area contributed by atoms with Crippen LogP contribution < -0.4 is 0 Å². The highest BCUT2D eigenvalue weighted by Gasteiger charge is 2.28. The summed E-state index contributed by atoms with van der Waals surface area (Å²) < 4.78 is 7.62. The van der Waals surface area contributed by atoms with Crippen molar-refractivity contribution in [2.24, 2.45) is 0 Å². The van der Waals surface area contributed by atoms with E-state index in [2.05, 4.69) is 23.7 Å². The first kappa shape index (κ1) is 14.2. The lowest BCUT2D eigenvalue weighted by atomic mass is 10.1. The summed E-state index contributed by atoms with van der Waals surface area (Å²) in [5, 5.41) is 0. The lowest BCUT2D eigenvalue weighted by Crippen LogP contribution is -2.49. The normalized spacial score (nSPS) is 20.9. The second-order valence-electron chi connectivity index (χ2n) is 5.22. The van der Waals surface area contributed by atoms with E-state index in [4.69, 9.17) is 4.74 Å². The number of carbonyl (C=O) groups is 1. The summed E-state index contributed by atoms with van der Waals surface area (Å²) >= 11 is 0. The Morgan fingerprint density at radius 2 is 2.37 bits per heavy atom. The van der Waals surface area contributed by atoms with Crippen LogP contribution in [-0.4, -0.2) is 52.1 Å². The van der Waals surface area contributed by atoms with Crippen LogP contribution in [0.25, 0.3) is 0 Å². The molecule has 0 spiro atoms. The van der Waals surface area contributed by atoms with Crippen LogP contribution in [0.5, 0.6) is 0 Å². The maximum absolute atomic E-state index is 12.3. The second-order valence-corrected chi connectivity index (χ2v) is 5.22. The standard InChI is InChI=1S/C14H23N3O2/c1-4-16-6-5-15-14(16)9-12(18)13-10-17(11(2)3)7-8-19-13/h5-6,11,13H,4,7-10H2,1-3H3. The molecule has 106 valence electrons. The van der Waals surface area contributed by atoms with Gasteiger partial charge in [0.2, 0.25) is 0 Å². The van der Waals surface area contributed by atoms with E-state index in [0.29, 0.717) is 25.6 Å². The Hall–Kier alpha value is -1.20. The zero-order chi connectivity index (χ0) is 13.8. The van der Waals surface area contributed by atoms with Crippen molar-refractivity contribution in [3.8, 4) is 0 Å². The second kappa shape index (κ2) is 6.30. The molecule has 0 radical (unpaired) electrons. The quantitative estimate of drug-likeness (QED) is 0.800. The highest BCUT2D eigenvalue weighted by atomic mass is 16.5. The van der Waals surface area contributed by atoms with Gasteiger partial charge in [0.15, 0.2) is 5.78 Å². The van der Waals surface area contributed by atoms with Crippen molar-refractivity contribution in [2.75, 3.05) is 19.7 Å². The average molecular weight is 265 g/mol. The minimum Gasteiger partial charge on any atom is -0.368 e. The van der Waals surface area contributed by atoms with Gasteiger partial charge in [0.1, 0.15) is 11.9 Å². The topological polar surface area (TPSA) is 47.4 Å². The molecule has 1 saturated heterocycles. The van der Waals surface area contributed by atoms with Gasteiger partial charge in [-0.3, -0.25) is 9.69 Å². The fourth-order valence-corrected chi connectivity index (χ4v) is 2.40. The number of ketones is 1. The highest BCUT2D eigenvalue weighted by Crippen LogP contribution is 2.11. The molecule has 5 nitrogen and oxygen atoms in total. The number of carbonyl (C=O) groups excluding carboxylic acids is 1. The number of Topliss-reactive ketones (excluding diaryl/α,β-unsaturated/α-hetero) is 1. The van der Waals surface area contributed by atoms with Crippen LogP contribution >= 0.6 is 0 Å². The number of hydrogen-bond donors (Lipinski definition) is 0. The molecule has 1 aliphatic rings. The molecule has 1 aromatic rings. The molecule has 2 rings (SSSR count). The number of hydrogen-bond acceptors (Lipinski definition) is 4. The van der Waals surface area contributed by atoms with Gasteiger partial charge in [-0.25, -0.2) is 4.98 Å². The molecule has 5 heteroatoms. The maximum atomic E-state index is 12.3. The Kier molecular flexibility index (Phi) is 4.71. The smallest absolute Gasteiger partial charge is 0.170 e. The largest absolute Gasteiger partial charge is 0.368 e. The van der Waals surface area contributed by atoms with Crippen LogP contribution in [0.15, 0.2) is 12.4 Å². The van der Waals surface area contributed by atoms with Gasteiger partial charge in [-0.15, -0.1) is 0 Å². The molecular weight excluding hydrogens is 242 g/mol. The molecule has 0 aliphatic carbocycles. The van der Waals surface area contributed by atoms with Crippen molar-refractivity contribution in [2.45, 2.75) is 45.9 Å². The lowest BCUT2D eigenvalue weighted by molar-refractivity contribution is -0.136. The number of imidazole rings is 1. The van der Waals surface area contributed by atoms with E-state index in [1.807, 2.05) is 17.7 Å². The first-order valence-electron chi connectivity index (χ1n) is 7.00. The summed E-state index contributed by atoms with van der Waals surface area (Å²) in [5.74, 6) is 0.962. The van der Waals surface area contributed by atoms with Gasteiger partial charge in [-0.1, -0.05) is 0 Å². The van der Waals surface area contributed by atoms with E-state index in [0.717, 1.165) is 18.9 Å². The van der Waals surface area contributed by atoms with E-state index in [-0.39, 0.29) is 11.9 Å². The highest BCUT2D eigenvalue weighted by molar-refractivity contribution is 5.85. The minimum atomic E-state index is -0.307. The third kappa shape index (κ3) is 3.42. The Labute approximate surface area is 114 Å². The van der Waals surface area contributed by atoms with Crippen molar-refractivity contribution in [1.82, 2.24) is 14.5 Å². The van der Waals surface area contributed by atoms with Crippen molar-refractivity contribution in [1.29, 1.82) is 0 Å². The molecule has 0 saturated carbocycles. The first-order valence-corrected chi connectivity index (χ1v) is 7.00. The van der Waals surface area contributed by atoms with Crippen molar-refractivity contribution < 1.29 is 9.53 Å². The van der Waals surface area contributed by atoms with Gasteiger partial charge in [-0.2, -0.15) is 0 Å². The SMILES string of the molecule is CCn1ccnc1CC(=O)C1CN(C(C)C)CCO1. The monoisotopic (exact) mass is 265 g/mol. The van der Waals surface area contributed by atoms with Crippen molar-refractivity contribution >= 4 is 5.78 Å². The first-order chi connectivity index (χ1) is 9.11. The van der Waals surface area contributed by atoms with E-state index in [1.165, 1.54) is 0 Å². The molecule has 0 N–H and O–H groups in total. The molecule has 1 unspecified atom stereocenters. The Morgan fingerprint density at radius 3 is 3.05 bits per heavy atom. The van der Waals surface area contributed by atoms with Crippen LogP contribution in [-0.2, 0) is 22.5 Å². The summed E-state index contributed by atoms with van der Waals surface area (Å²) in [6, 6.07) is 0.455. The molecular formula is C14H23N3O2. The summed E-state index contributed by atoms with van der Waals surface area (Å²) in [6.07, 6.45) is 3.70. The molecule has 1 fully saturated rings. The average Bonchev–Trinajstić information content (AvgIpc) is 2.86. The minimum absolute atomic E-state index is 0.131. The van der Waals surface area contributed by atoms with Gasteiger partial charge < -0.3 is 9.30 Å². The molecule has 0 bridgehead atoms. The Morgan fingerprint density at radius 1 is 1.58 bits per heavy atom. The van der Waals surface area contributed by atoms with Gasteiger partial charge in [0, 0.05) is 38.1 Å². The van der Waals surface area contributed by atoms with E-state index >= 15 is 0 Å². The Balaban J connectivity index is 1.96. The van der Waals surface area contributed by atoms with Crippen LogP contribution in [0, 0.1) is 0 Å². The van der Waals surface area contributed by atoms with Gasteiger partial charge >= 0.3 is 0 Å². The Bertz CT molecular complexity index is 428. The van der Waals surface area contributed by atoms with Gasteiger partial charge in [-0.05, 0) is 20.8 Å². The predicted molar refractivity (Wildman–Crippen MR) is 73.1 cm³/mol. The summed E-state index contributed by atoms with van der Waals surface area (Å²) in [6.45, 7) is 9.43. The summed E-state index contributed by atoms with van der Waals surface area (Å²) in [7, 11) is 0. The number of rotatable bonds is 5. The molecule has 1 atom stereocenters. The number of nitrogens with zero attached hydrogens (tertiary/aromatic N) is 3. The number of aromatic nitrogens is 2. The molecule has 0 amide bonds. The zero-order valence-electron chi connectivity index (χ0n) is 12.0. The van der Waals surface area contributed by atoms with E-state index in [9.17, 15) is 4.79 Å². The van der Waals surface area contributed by atoms with E-state index in [1.54, 1.807) is 6.20 Å². The molecule has 1 aromatic heterocycles. The summed E-state index contributed by atoms with van der Waals surface area (Å²) in [4.78, 5) is 18.8. The third-order valence-corrected chi connectivity index (χ3v) is 3.66. The number of ether oxygens (including phenoxy) is 1. The van der Waals surface area contributed by atoms with Crippen molar-refractivity contribution in [3.05, 3.63) is 18.2 Å². The van der Waals surface area contributed by atoms with Crippen LogP contribution in [0.2, 0.25) is 0 Å².